The SMILES string of the molecule is CCn1cnnc1CN1CCCN(C(=O)CCn2cnc3ccccc32)CC1.O=CO. The van der Waals surface area contributed by atoms with Crippen molar-refractivity contribution in [2.24, 2.45) is 0 Å². The highest BCUT2D eigenvalue weighted by atomic mass is 16.3. The van der Waals surface area contributed by atoms with Crippen LogP contribution in [0.1, 0.15) is 25.6 Å². The number of hydrogen-bond donors (Lipinski definition) is 1. The van der Waals surface area contributed by atoms with E-state index < -0.39 is 0 Å². The third-order valence-corrected chi connectivity index (χ3v) is 5.44. The smallest absolute Gasteiger partial charge is 0.290 e. The van der Waals surface area contributed by atoms with E-state index in [1.54, 1.807) is 6.33 Å². The van der Waals surface area contributed by atoms with Gasteiger partial charge in [-0.15, -0.1) is 10.2 Å². The Hall–Kier alpha value is -3.27. The zero-order valence-electron chi connectivity index (χ0n) is 17.8. The highest BCUT2D eigenvalue weighted by molar-refractivity contribution is 5.77. The van der Waals surface area contributed by atoms with Gasteiger partial charge in [-0.2, -0.15) is 0 Å². The lowest BCUT2D eigenvalue weighted by atomic mass is 10.3. The minimum Gasteiger partial charge on any atom is -0.483 e. The molecular weight excluding hydrogens is 398 g/mol. The Labute approximate surface area is 181 Å². The van der Waals surface area contributed by atoms with E-state index >= 15 is 0 Å². The summed E-state index contributed by atoms with van der Waals surface area (Å²) in [6.45, 7) is 7.62. The second-order valence-corrected chi connectivity index (χ2v) is 7.33. The zero-order chi connectivity index (χ0) is 22.1. The molecule has 31 heavy (non-hydrogen) atoms. The van der Waals surface area contributed by atoms with Gasteiger partial charge in [-0.3, -0.25) is 14.5 Å². The molecule has 0 unspecified atom stereocenters. The largest absolute Gasteiger partial charge is 0.483 e. The minimum absolute atomic E-state index is 0.219. The van der Waals surface area contributed by atoms with Crippen molar-refractivity contribution < 1.29 is 14.7 Å². The van der Waals surface area contributed by atoms with Gasteiger partial charge in [-0.05, 0) is 25.5 Å². The summed E-state index contributed by atoms with van der Waals surface area (Å²) in [6, 6.07) is 8.03. The van der Waals surface area contributed by atoms with Crippen molar-refractivity contribution in [2.75, 3.05) is 26.2 Å². The highest BCUT2D eigenvalue weighted by Gasteiger charge is 2.20. The number of hydrogen-bond acceptors (Lipinski definition) is 6. The number of nitrogens with zero attached hydrogens (tertiary/aromatic N) is 7. The molecular formula is C21H29N7O3. The number of imidazole rings is 1. The molecule has 10 heteroatoms. The number of aryl methyl sites for hydroxylation is 2. The molecule has 1 aromatic carbocycles. The first-order valence-corrected chi connectivity index (χ1v) is 10.5. The Morgan fingerprint density at radius 2 is 1.94 bits per heavy atom. The highest BCUT2D eigenvalue weighted by Crippen LogP contribution is 2.13. The monoisotopic (exact) mass is 427 g/mol. The first-order chi connectivity index (χ1) is 15.2. The Balaban J connectivity index is 0.000000858. The molecule has 0 bridgehead atoms. The number of fused-ring (bicyclic) bond motifs is 1. The molecule has 0 aliphatic carbocycles. The number of carbonyl (C=O) groups is 2. The molecule has 1 aliphatic heterocycles. The van der Waals surface area contributed by atoms with Crippen LogP contribution < -0.4 is 0 Å². The second kappa shape index (κ2) is 11.2. The molecule has 3 aromatic rings. The normalized spacial score (nSPS) is 14.7. The molecule has 0 spiro atoms. The van der Waals surface area contributed by atoms with E-state index in [2.05, 4.69) is 36.1 Å². The van der Waals surface area contributed by atoms with Crippen LogP contribution in [-0.4, -0.2) is 77.8 Å². The number of carbonyl (C=O) groups excluding carboxylic acids is 1. The maximum Gasteiger partial charge on any atom is 0.290 e. The molecule has 10 nitrogen and oxygen atoms in total. The lowest BCUT2D eigenvalue weighted by Gasteiger charge is -2.22. The summed E-state index contributed by atoms with van der Waals surface area (Å²) in [5, 5.41) is 15.1. The van der Waals surface area contributed by atoms with E-state index in [1.165, 1.54) is 0 Å². The Morgan fingerprint density at radius 1 is 1.13 bits per heavy atom. The molecule has 1 saturated heterocycles. The Bertz CT molecular complexity index is 984. The van der Waals surface area contributed by atoms with Crippen LogP contribution in [0, 0.1) is 0 Å². The third-order valence-electron chi connectivity index (χ3n) is 5.44. The van der Waals surface area contributed by atoms with Gasteiger partial charge in [0.25, 0.3) is 6.47 Å². The fourth-order valence-corrected chi connectivity index (χ4v) is 3.81. The first-order valence-electron chi connectivity index (χ1n) is 10.5. The van der Waals surface area contributed by atoms with Crippen LogP contribution >= 0.6 is 0 Å². The van der Waals surface area contributed by atoms with E-state index in [4.69, 9.17) is 9.90 Å². The molecule has 1 fully saturated rings. The van der Waals surface area contributed by atoms with Gasteiger partial charge in [-0.25, -0.2) is 4.98 Å². The van der Waals surface area contributed by atoms with Crippen molar-refractivity contribution in [3.8, 4) is 0 Å². The van der Waals surface area contributed by atoms with E-state index in [0.29, 0.717) is 13.0 Å². The van der Waals surface area contributed by atoms with Gasteiger partial charge in [0.15, 0.2) is 0 Å². The van der Waals surface area contributed by atoms with Gasteiger partial charge in [0.2, 0.25) is 5.91 Å². The Morgan fingerprint density at radius 3 is 2.74 bits per heavy atom. The zero-order valence-corrected chi connectivity index (χ0v) is 17.8. The molecule has 3 heterocycles. The molecule has 0 radical (unpaired) electrons. The van der Waals surface area contributed by atoms with Gasteiger partial charge < -0.3 is 19.1 Å². The van der Waals surface area contributed by atoms with Gasteiger partial charge in [0.1, 0.15) is 12.2 Å². The predicted molar refractivity (Wildman–Crippen MR) is 115 cm³/mol. The van der Waals surface area contributed by atoms with E-state index in [1.807, 2.05) is 35.5 Å². The maximum absolute atomic E-state index is 12.8. The van der Waals surface area contributed by atoms with Crippen molar-refractivity contribution in [3.05, 3.63) is 42.7 Å². The fraction of sp³-hybridized carbons (Fsp3) is 0.476. The molecule has 0 saturated carbocycles. The average molecular weight is 428 g/mol. The fourth-order valence-electron chi connectivity index (χ4n) is 3.81. The molecule has 0 atom stereocenters. The van der Waals surface area contributed by atoms with Crippen molar-refractivity contribution in [3.63, 3.8) is 0 Å². The Kier molecular flexibility index (Phi) is 8.11. The van der Waals surface area contributed by atoms with Crippen molar-refractivity contribution in [1.29, 1.82) is 0 Å². The van der Waals surface area contributed by atoms with Gasteiger partial charge in [0.05, 0.1) is 23.9 Å². The number of benzene rings is 1. The molecule has 1 N–H and O–H groups in total. The van der Waals surface area contributed by atoms with Crippen molar-refractivity contribution in [2.45, 2.75) is 39.4 Å². The van der Waals surface area contributed by atoms with E-state index in [9.17, 15) is 4.79 Å². The summed E-state index contributed by atoms with van der Waals surface area (Å²) in [4.78, 5) is 29.9. The number of amides is 1. The van der Waals surface area contributed by atoms with Crippen LogP contribution in [0.5, 0.6) is 0 Å². The molecule has 166 valence electrons. The van der Waals surface area contributed by atoms with Gasteiger partial charge >= 0.3 is 0 Å². The molecule has 4 rings (SSSR count). The molecule has 2 aromatic heterocycles. The van der Waals surface area contributed by atoms with Crippen LogP contribution in [-0.2, 0) is 29.2 Å². The van der Waals surface area contributed by atoms with E-state index in [-0.39, 0.29) is 12.4 Å². The summed E-state index contributed by atoms with van der Waals surface area (Å²) in [7, 11) is 0. The summed E-state index contributed by atoms with van der Waals surface area (Å²) >= 11 is 0. The maximum atomic E-state index is 12.8. The first kappa shape index (κ1) is 22.4. The number of para-hydroxylation sites is 2. The molecule has 1 amide bonds. The van der Waals surface area contributed by atoms with Crippen LogP contribution in [0.2, 0.25) is 0 Å². The second-order valence-electron chi connectivity index (χ2n) is 7.33. The third kappa shape index (κ3) is 5.88. The average Bonchev–Trinajstić information content (AvgIpc) is 3.33. The summed E-state index contributed by atoms with van der Waals surface area (Å²) < 4.78 is 4.14. The van der Waals surface area contributed by atoms with E-state index in [0.717, 1.165) is 62.5 Å². The topological polar surface area (TPSA) is 109 Å². The number of aromatic nitrogens is 5. The summed E-state index contributed by atoms with van der Waals surface area (Å²) in [5.74, 6) is 1.21. The van der Waals surface area contributed by atoms with Crippen LogP contribution in [0.15, 0.2) is 36.9 Å². The van der Waals surface area contributed by atoms with Crippen LogP contribution in [0.3, 0.4) is 0 Å². The van der Waals surface area contributed by atoms with Crippen LogP contribution in [0.4, 0.5) is 0 Å². The quantitative estimate of drug-likeness (QED) is 0.593. The van der Waals surface area contributed by atoms with Crippen LogP contribution in [0.25, 0.3) is 11.0 Å². The minimum atomic E-state index is -0.250. The number of rotatable bonds is 6. The lowest BCUT2D eigenvalue weighted by molar-refractivity contribution is -0.131. The molecule has 1 aliphatic rings. The predicted octanol–water partition coefficient (Wildman–Crippen LogP) is 1.47. The summed E-state index contributed by atoms with van der Waals surface area (Å²) in [6.07, 6.45) is 5.10. The lowest BCUT2D eigenvalue weighted by Crippen LogP contribution is -2.35. The van der Waals surface area contributed by atoms with Gasteiger partial charge in [0, 0.05) is 45.7 Å². The number of carboxylic acid groups (broad SMARTS) is 1. The standard InChI is InChI=1S/C20H27N7O.CH2O2/c1-2-25-16-22-23-19(25)14-24-9-5-10-26(13-12-24)20(28)8-11-27-15-21-17-6-3-4-7-18(17)27;2-1-3/h3-4,6-7,15-16H,2,5,8-14H2,1H3;1H,(H,2,3). The van der Waals surface area contributed by atoms with Gasteiger partial charge in [-0.1, -0.05) is 12.1 Å². The van der Waals surface area contributed by atoms with Crippen molar-refractivity contribution in [1.82, 2.24) is 34.1 Å². The summed E-state index contributed by atoms with van der Waals surface area (Å²) in [5.41, 5.74) is 2.05. The van der Waals surface area contributed by atoms with Crippen molar-refractivity contribution >= 4 is 23.4 Å².